The summed E-state index contributed by atoms with van der Waals surface area (Å²) < 4.78 is 65.0. The molecule has 6 rings (SSSR count). The van der Waals surface area contributed by atoms with Crippen LogP contribution in [-0.4, -0.2) is 200 Å². The van der Waals surface area contributed by atoms with Crippen molar-refractivity contribution < 1.29 is 102 Å². The summed E-state index contributed by atoms with van der Waals surface area (Å²) in [7, 11) is 2.56. The van der Waals surface area contributed by atoms with Crippen LogP contribution in [0.25, 0.3) is 0 Å². The van der Waals surface area contributed by atoms with Crippen LogP contribution in [0, 0.1) is 77.0 Å². The Kier molecular flexibility index (Phi) is 43.6. The number of carbonyl (C=O) groups excluding carboxylic acids is 5. The molecule has 2 aromatic carbocycles. The molecule has 4 heterocycles. The lowest BCUT2D eigenvalue weighted by atomic mass is 9.83. The van der Waals surface area contributed by atoms with Crippen LogP contribution in [0.5, 0.6) is 23.0 Å². The molecule has 25 heteroatoms. The minimum atomic E-state index is -1.77. The van der Waals surface area contributed by atoms with Crippen molar-refractivity contribution in [2.75, 3.05) is 60.3 Å². The van der Waals surface area contributed by atoms with Crippen molar-refractivity contribution in [3.05, 3.63) is 44.5 Å². The number of alkyl carbamates (subject to hydrolysis) is 1. The Hall–Kier alpha value is -5.61. The van der Waals surface area contributed by atoms with Crippen molar-refractivity contribution in [1.82, 2.24) is 21.3 Å². The Balaban J connectivity index is 1.02. The summed E-state index contributed by atoms with van der Waals surface area (Å²) in [4.78, 5) is 68.5. The fourth-order valence-corrected chi connectivity index (χ4v) is 17.3. The van der Waals surface area contributed by atoms with E-state index in [-0.39, 0.29) is 88.1 Å². The largest absolute Gasteiger partial charge is 0.492 e. The molecule has 2 saturated heterocycles. The molecule has 18 atom stereocenters. The summed E-state index contributed by atoms with van der Waals surface area (Å²) in [6, 6.07) is -2.23. The third-order valence-corrected chi connectivity index (χ3v) is 25.3. The van der Waals surface area contributed by atoms with E-state index < -0.39 is 98.1 Å². The molecule has 0 radical (unpaired) electrons. The van der Waals surface area contributed by atoms with Crippen LogP contribution in [-0.2, 0) is 65.2 Å². The minimum Gasteiger partial charge on any atom is -0.492 e. The monoisotopic (exact) mass is 1670 g/mol. The quantitative estimate of drug-likeness (QED) is 0.0219. The lowest BCUT2D eigenvalue weighted by Gasteiger charge is -2.43. The third-order valence-electron chi connectivity index (χ3n) is 25.3. The van der Waals surface area contributed by atoms with Crippen LogP contribution < -0.4 is 40.2 Å². The van der Waals surface area contributed by atoms with Gasteiger partial charge in [0, 0.05) is 38.4 Å². The molecule has 2 fully saturated rings. The number of ether oxygens (including phenoxy) is 11. The molecule has 4 aliphatic rings. The fourth-order valence-electron chi connectivity index (χ4n) is 17.3. The number of hydrogen-bond donors (Lipinski definition) is 9. The van der Waals surface area contributed by atoms with Crippen molar-refractivity contribution in [2.24, 2.45) is 35.5 Å². The second-order valence-corrected chi connectivity index (χ2v) is 36.7. The molecular weight excluding hydrogens is 1510 g/mol. The van der Waals surface area contributed by atoms with Gasteiger partial charge in [0.15, 0.2) is 18.7 Å². The number of unbranched alkanes of at least 4 members (excludes halogenated alkanes) is 2. The summed E-state index contributed by atoms with van der Waals surface area (Å²) in [6.45, 7) is 37.4. The van der Waals surface area contributed by atoms with E-state index in [1.165, 1.54) is 110 Å². The van der Waals surface area contributed by atoms with Crippen molar-refractivity contribution in [2.45, 2.75) is 395 Å². The number of rotatable bonds is 54. The van der Waals surface area contributed by atoms with Gasteiger partial charge in [0.1, 0.15) is 89.0 Å². The van der Waals surface area contributed by atoms with E-state index in [2.05, 4.69) is 125 Å². The first kappa shape index (κ1) is 101. The number of hydrogen-bond acceptors (Lipinski definition) is 21. The van der Waals surface area contributed by atoms with Gasteiger partial charge in [-0.3, -0.25) is 14.4 Å². The van der Waals surface area contributed by atoms with E-state index in [4.69, 9.17) is 52.1 Å². The highest BCUT2D eigenvalue weighted by Crippen LogP contribution is 2.47. The highest BCUT2D eigenvalue weighted by Gasteiger charge is 2.50. The molecule has 676 valence electrons. The van der Waals surface area contributed by atoms with Gasteiger partial charge in [-0.15, -0.1) is 0 Å². The summed E-state index contributed by atoms with van der Waals surface area (Å²) >= 11 is 0. The number of aliphatic hydroxyl groups excluding tert-OH is 5. The summed E-state index contributed by atoms with van der Waals surface area (Å²) in [6.07, 6.45) is 11.2. The van der Waals surface area contributed by atoms with Gasteiger partial charge in [0.25, 0.3) is 0 Å². The zero-order chi connectivity index (χ0) is 87.0. The van der Waals surface area contributed by atoms with Crippen LogP contribution in [0.2, 0.25) is 0 Å². The van der Waals surface area contributed by atoms with Crippen LogP contribution >= 0.6 is 0 Å². The lowest BCUT2D eigenvalue weighted by Crippen LogP contribution is -2.62. The van der Waals surface area contributed by atoms with E-state index in [9.17, 15) is 49.5 Å². The zero-order valence-electron chi connectivity index (χ0n) is 75.8. The van der Waals surface area contributed by atoms with Crippen LogP contribution in [0.1, 0.15) is 300 Å². The molecule has 2 aromatic rings. The van der Waals surface area contributed by atoms with Crippen molar-refractivity contribution in [3.8, 4) is 23.0 Å². The number of aliphatic hydroxyl groups is 5. The van der Waals surface area contributed by atoms with E-state index in [0.717, 1.165) is 137 Å². The number of methoxy groups -OCH3 is 2. The van der Waals surface area contributed by atoms with Crippen molar-refractivity contribution in [3.63, 3.8) is 0 Å². The molecule has 4 unspecified atom stereocenters. The summed E-state index contributed by atoms with van der Waals surface area (Å²) in [5.74, 6) is 6.16. The van der Waals surface area contributed by atoms with Gasteiger partial charge >= 0.3 is 12.1 Å². The van der Waals surface area contributed by atoms with Crippen molar-refractivity contribution in [1.29, 1.82) is 0 Å². The van der Waals surface area contributed by atoms with E-state index in [1.54, 1.807) is 6.92 Å². The van der Waals surface area contributed by atoms with Crippen LogP contribution in [0.3, 0.4) is 0 Å². The number of nitrogens with one attached hydrogen (secondary N) is 4. The van der Waals surface area contributed by atoms with Gasteiger partial charge in [-0.05, 0) is 221 Å². The maximum absolute atomic E-state index is 14.2. The fraction of sp³-hybridized carbons (Fsp3) is 0.817. The second kappa shape index (κ2) is 50.8. The molecule has 9 N–H and O–H groups in total. The van der Waals surface area contributed by atoms with E-state index in [1.807, 2.05) is 6.92 Å². The molecule has 4 aliphatic heterocycles. The summed E-state index contributed by atoms with van der Waals surface area (Å²) in [5, 5.41) is 65.4. The zero-order valence-corrected chi connectivity index (χ0v) is 75.8. The Morgan fingerprint density at radius 2 is 0.924 bits per heavy atom. The molecule has 0 spiro atoms. The average molecular weight is 1670 g/mol. The molecule has 0 saturated carbocycles. The molecule has 25 nitrogen and oxygen atoms in total. The highest BCUT2D eigenvalue weighted by molar-refractivity contribution is 5.87. The molecule has 118 heavy (non-hydrogen) atoms. The number of amides is 4. The molecule has 4 amide bonds. The maximum Gasteiger partial charge on any atom is 0.408 e. The van der Waals surface area contributed by atoms with Gasteiger partial charge in [-0.1, -0.05) is 145 Å². The maximum atomic E-state index is 14.2. The van der Waals surface area contributed by atoms with Crippen molar-refractivity contribution >= 4 is 29.8 Å². The molecule has 0 aliphatic carbocycles. The standard InChI is InChI=1S/C93H158N4O21/c1-20-110-88(106)72(97-91(107)116-86-78(101)74(114-89(109-19)81(86)104)56-113-90-80(103)79(102)77(100)73(115-90)55-108-18)42-22-24-52-95-87(105)71(96-76(99)46-54-112-83-64(11)66(13)85-70(68(83)15)44-50-93(17,118-85)48-30-40-62(9)38-28-36-60(7)34-26-32-58(4)5)41-21-23-51-94-75(98)45-53-111-82-63(10)65(12)84-69(67(82)14)43-49-92(16,117-84)47-29-39-61(8)37-27-35-59(6)33-25-31-57(2)3/h57-62,71-74,77-81,86,89-90,100-104H,20-56H2,1-19H3,(H,94,98)(H,95,105)(H,96,99)(H,97,107)/t59-,60-,61-,62-,71+,72+,73?,74?,77-,78-,79+,80?,81?,86+,89+,90+,92-,93-/m1/s1. The first-order valence-electron chi connectivity index (χ1n) is 45.3. The lowest BCUT2D eigenvalue weighted by molar-refractivity contribution is -0.328. The van der Waals surface area contributed by atoms with Gasteiger partial charge in [-0.2, -0.15) is 0 Å². The first-order chi connectivity index (χ1) is 56.0. The first-order valence-corrected chi connectivity index (χ1v) is 45.3. The highest BCUT2D eigenvalue weighted by atomic mass is 16.7. The average Bonchev–Trinajstić information content (AvgIpc) is 0.760. The third kappa shape index (κ3) is 31.9. The van der Waals surface area contributed by atoms with E-state index >= 15 is 0 Å². The minimum absolute atomic E-state index is 0.0138. The normalized spacial score (nSPS) is 24.6. The van der Waals surface area contributed by atoms with Gasteiger partial charge in [0.2, 0.25) is 17.7 Å². The topological polar surface area (TPSA) is 336 Å². The SMILES string of the molecule is CCOC(=O)[C@H](CCCCNC(=O)[C@H](CCCCNC(=O)CCOc1c(C)c(C)c2c(c1C)CC[C@@](C)(CCC[C@H](C)CCC[C@H](C)CCCC(C)C)O2)NC(=O)CCOc1c(C)c(C)c2c(c1C)CC[C@@](C)(CCC[C@H](C)CCC[C@H](C)CCCC(C)C)O2)NC(=O)O[C@@H]1C(O)[C@@H](OC)OC(CO[C@H]2OC(COC)[C@@H](O)[C@H](O)C2O)[C@H]1O. The summed E-state index contributed by atoms with van der Waals surface area (Å²) in [5.41, 5.74) is 7.91. The number of fused-ring (bicyclic) bond motifs is 2. The molecule has 0 aromatic heterocycles. The second-order valence-electron chi connectivity index (χ2n) is 36.7. The Morgan fingerprint density at radius 1 is 0.475 bits per heavy atom. The van der Waals surface area contributed by atoms with Gasteiger partial charge in [0.05, 0.1) is 45.9 Å². The smallest absolute Gasteiger partial charge is 0.408 e. The predicted octanol–water partition coefficient (Wildman–Crippen LogP) is 14.5. The molecular formula is C93H158N4O21. The number of carbonyl (C=O) groups is 5. The molecule has 0 bridgehead atoms. The van der Waals surface area contributed by atoms with E-state index in [0.29, 0.717) is 37.6 Å². The van der Waals surface area contributed by atoms with Crippen LogP contribution in [0.4, 0.5) is 4.79 Å². The van der Waals surface area contributed by atoms with Gasteiger partial charge < -0.3 is 98.9 Å². The Labute approximate surface area is 707 Å². The Bertz CT molecular complexity index is 3370. The Morgan fingerprint density at radius 3 is 1.40 bits per heavy atom. The number of benzene rings is 2. The number of esters is 1. The van der Waals surface area contributed by atoms with Crippen LogP contribution in [0.15, 0.2) is 0 Å². The van der Waals surface area contributed by atoms with Gasteiger partial charge in [-0.25, -0.2) is 9.59 Å². The predicted molar refractivity (Wildman–Crippen MR) is 457 cm³/mol.